The van der Waals surface area contributed by atoms with Crippen molar-refractivity contribution in [3.05, 3.63) is 65.7 Å². The fourth-order valence-corrected chi connectivity index (χ4v) is 2.37. The molecule has 2 aromatic rings. The SMILES string of the molecule is COC(=O)[C@@](C)(CC=O)c1ccc(OCc2ccccc2)cc1. The van der Waals surface area contributed by atoms with Gasteiger partial charge in [0.05, 0.1) is 12.5 Å². The molecule has 0 fully saturated rings. The van der Waals surface area contributed by atoms with E-state index in [0.717, 1.165) is 17.4 Å². The van der Waals surface area contributed by atoms with E-state index in [4.69, 9.17) is 9.47 Å². The van der Waals surface area contributed by atoms with Crippen LogP contribution in [0, 0.1) is 0 Å². The summed E-state index contributed by atoms with van der Waals surface area (Å²) >= 11 is 0. The Morgan fingerprint density at radius 2 is 1.74 bits per heavy atom. The van der Waals surface area contributed by atoms with E-state index < -0.39 is 11.4 Å². The highest BCUT2D eigenvalue weighted by Gasteiger charge is 2.36. The lowest BCUT2D eigenvalue weighted by Crippen LogP contribution is -2.34. The third-order valence-corrected chi connectivity index (χ3v) is 3.87. The van der Waals surface area contributed by atoms with E-state index >= 15 is 0 Å². The Balaban J connectivity index is 2.11. The van der Waals surface area contributed by atoms with E-state index in [1.165, 1.54) is 7.11 Å². The van der Waals surface area contributed by atoms with E-state index in [0.29, 0.717) is 12.4 Å². The number of benzene rings is 2. The first-order valence-electron chi connectivity index (χ1n) is 7.39. The van der Waals surface area contributed by atoms with Crippen LogP contribution in [0.25, 0.3) is 0 Å². The second kappa shape index (κ2) is 7.58. The molecule has 0 aromatic heterocycles. The van der Waals surface area contributed by atoms with Crippen LogP contribution in [0.5, 0.6) is 5.75 Å². The van der Waals surface area contributed by atoms with Gasteiger partial charge in [-0.15, -0.1) is 0 Å². The van der Waals surface area contributed by atoms with E-state index in [2.05, 4.69) is 0 Å². The maximum absolute atomic E-state index is 12.0. The summed E-state index contributed by atoms with van der Waals surface area (Å²) in [6.07, 6.45) is 0.806. The van der Waals surface area contributed by atoms with Crippen molar-refractivity contribution in [1.82, 2.24) is 0 Å². The average molecular weight is 312 g/mol. The van der Waals surface area contributed by atoms with Gasteiger partial charge in [0.15, 0.2) is 0 Å². The zero-order valence-electron chi connectivity index (χ0n) is 13.3. The lowest BCUT2D eigenvalue weighted by molar-refractivity contribution is -0.148. The number of hydrogen-bond acceptors (Lipinski definition) is 4. The molecule has 0 aliphatic carbocycles. The number of esters is 1. The molecule has 0 spiro atoms. The van der Waals surface area contributed by atoms with Crippen LogP contribution in [0.2, 0.25) is 0 Å². The Morgan fingerprint density at radius 3 is 2.30 bits per heavy atom. The molecule has 4 heteroatoms. The van der Waals surface area contributed by atoms with E-state index in [1.54, 1.807) is 31.2 Å². The van der Waals surface area contributed by atoms with E-state index in [-0.39, 0.29) is 6.42 Å². The molecule has 0 bridgehead atoms. The minimum absolute atomic E-state index is 0.0733. The Morgan fingerprint density at radius 1 is 1.09 bits per heavy atom. The molecule has 2 aromatic carbocycles. The van der Waals surface area contributed by atoms with Gasteiger partial charge in [0.25, 0.3) is 0 Å². The third-order valence-electron chi connectivity index (χ3n) is 3.87. The highest BCUT2D eigenvalue weighted by molar-refractivity contribution is 5.85. The Hall–Kier alpha value is -2.62. The lowest BCUT2D eigenvalue weighted by Gasteiger charge is -2.25. The molecule has 0 aliphatic rings. The van der Waals surface area contributed by atoms with Crippen LogP contribution in [0.1, 0.15) is 24.5 Å². The first kappa shape index (κ1) is 16.7. The normalized spacial score (nSPS) is 13.0. The van der Waals surface area contributed by atoms with Crippen LogP contribution >= 0.6 is 0 Å². The number of rotatable bonds is 7. The van der Waals surface area contributed by atoms with Gasteiger partial charge in [-0.1, -0.05) is 42.5 Å². The zero-order valence-corrected chi connectivity index (χ0v) is 13.3. The second-order valence-corrected chi connectivity index (χ2v) is 5.49. The number of aldehydes is 1. The summed E-state index contributed by atoms with van der Waals surface area (Å²) in [7, 11) is 1.32. The molecule has 2 rings (SSSR count). The van der Waals surface area contributed by atoms with E-state index in [1.807, 2.05) is 30.3 Å². The largest absolute Gasteiger partial charge is 0.489 e. The van der Waals surface area contributed by atoms with Crippen molar-refractivity contribution >= 4 is 12.3 Å². The fourth-order valence-electron chi connectivity index (χ4n) is 2.37. The van der Waals surface area contributed by atoms with Gasteiger partial charge in [-0.05, 0) is 30.2 Å². The molecule has 0 saturated carbocycles. The number of hydrogen-bond donors (Lipinski definition) is 0. The van der Waals surface area contributed by atoms with Gasteiger partial charge < -0.3 is 14.3 Å². The molecule has 23 heavy (non-hydrogen) atoms. The summed E-state index contributed by atoms with van der Waals surface area (Å²) in [6.45, 7) is 2.18. The Bertz CT molecular complexity index is 649. The molecular weight excluding hydrogens is 292 g/mol. The van der Waals surface area contributed by atoms with Gasteiger partial charge in [-0.2, -0.15) is 0 Å². The van der Waals surface area contributed by atoms with Crippen molar-refractivity contribution in [3.8, 4) is 5.75 Å². The quantitative estimate of drug-likeness (QED) is 0.581. The number of methoxy groups -OCH3 is 1. The van der Waals surface area contributed by atoms with Crippen LogP contribution in [-0.4, -0.2) is 19.4 Å². The van der Waals surface area contributed by atoms with Gasteiger partial charge >= 0.3 is 5.97 Å². The van der Waals surface area contributed by atoms with Crippen molar-refractivity contribution in [2.75, 3.05) is 7.11 Å². The summed E-state index contributed by atoms with van der Waals surface area (Å²) in [5.74, 6) is 0.276. The molecule has 0 unspecified atom stereocenters. The summed E-state index contributed by atoms with van der Waals surface area (Å²) in [4.78, 5) is 22.9. The topological polar surface area (TPSA) is 52.6 Å². The van der Waals surface area contributed by atoms with Gasteiger partial charge in [0, 0.05) is 6.42 Å². The van der Waals surface area contributed by atoms with Crippen LogP contribution < -0.4 is 4.74 Å². The minimum atomic E-state index is -0.978. The van der Waals surface area contributed by atoms with Gasteiger partial charge in [0.1, 0.15) is 18.6 Å². The third kappa shape index (κ3) is 3.97. The van der Waals surface area contributed by atoms with Crippen molar-refractivity contribution in [2.45, 2.75) is 25.4 Å². The summed E-state index contributed by atoms with van der Waals surface area (Å²) in [5, 5.41) is 0. The highest BCUT2D eigenvalue weighted by Crippen LogP contribution is 2.30. The standard InChI is InChI=1S/C19H20O4/c1-19(12-13-20,18(21)22-2)16-8-10-17(11-9-16)23-14-15-6-4-3-5-7-15/h3-11,13H,12,14H2,1-2H3/t19-/m0/s1. The van der Waals surface area contributed by atoms with Crippen molar-refractivity contribution in [2.24, 2.45) is 0 Å². The predicted octanol–water partition coefficient (Wildman–Crippen LogP) is 3.29. The van der Waals surface area contributed by atoms with Gasteiger partial charge in [0.2, 0.25) is 0 Å². The molecule has 0 N–H and O–H groups in total. The van der Waals surface area contributed by atoms with Crippen molar-refractivity contribution < 1.29 is 19.1 Å². The number of carbonyl (C=O) groups excluding carboxylic acids is 2. The molecular formula is C19H20O4. The molecule has 0 aliphatic heterocycles. The lowest BCUT2D eigenvalue weighted by atomic mass is 9.80. The average Bonchev–Trinajstić information content (AvgIpc) is 2.60. The molecule has 4 nitrogen and oxygen atoms in total. The molecule has 1 atom stereocenters. The maximum Gasteiger partial charge on any atom is 0.316 e. The first-order chi connectivity index (χ1) is 11.1. The molecule has 0 radical (unpaired) electrons. The smallest absolute Gasteiger partial charge is 0.316 e. The van der Waals surface area contributed by atoms with Gasteiger partial charge in [-0.3, -0.25) is 4.79 Å². The molecule has 0 amide bonds. The van der Waals surface area contributed by atoms with Crippen molar-refractivity contribution in [3.63, 3.8) is 0 Å². The summed E-state index contributed by atoms with van der Waals surface area (Å²) in [6, 6.07) is 17.0. The number of ether oxygens (including phenoxy) is 2. The molecule has 0 heterocycles. The maximum atomic E-state index is 12.0. The van der Waals surface area contributed by atoms with E-state index in [9.17, 15) is 9.59 Å². The molecule has 0 saturated heterocycles. The first-order valence-corrected chi connectivity index (χ1v) is 7.39. The monoisotopic (exact) mass is 312 g/mol. The summed E-state index contributed by atoms with van der Waals surface area (Å²) in [5.41, 5.74) is 0.828. The zero-order chi connectivity index (χ0) is 16.7. The predicted molar refractivity (Wildman–Crippen MR) is 87.3 cm³/mol. The van der Waals surface area contributed by atoms with Crippen LogP contribution in [0.15, 0.2) is 54.6 Å². The summed E-state index contributed by atoms with van der Waals surface area (Å²) < 4.78 is 10.5. The Kier molecular flexibility index (Phi) is 5.52. The van der Waals surface area contributed by atoms with Gasteiger partial charge in [-0.25, -0.2) is 0 Å². The second-order valence-electron chi connectivity index (χ2n) is 5.49. The Labute approximate surface area is 136 Å². The van der Waals surface area contributed by atoms with Crippen LogP contribution in [0.3, 0.4) is 0 Å². The molecule has 120 valence electrons. The fraction of sp³-hybridized carbons (Fsp3) is 0.263. The minimum Gasteiger partial charge on any atom is -0.489 e. The van der Waals surface area contributed by atoms with Crippen LogP contribution in [-0.2, 0) is 26.3 Å². The van der Waals surface area contributed by atoms with Crippen molar-refractivity contribution in [1.29, 1.82) is 0 Å². The van der Waals surface area contributed by atoms with Crippen LogP contribution in [0.4, 0.5) is 0 Å². The number of carbonyl (C=O) groups is 2. The highest BCUT2D eigenvalue weighted by atomic mass is 16.5.